The molecule has 0 saturated carbocycles. The van der Waals surface area contributed by atoms with E-state index in [4.69, 9.17) is 9.84 Å². The number of amides is 1. The third-order valence-corrected chi connectivity index (χ3v) is 3.97. The van der Waals surface area contributed by atoms with Gasteiger partial charge >= 0.3 is 5.97 Å². The largest absolute Gasteiger partial charge is 0.481 e. The van der Waals surface area contributed by atoms with E-state index < -0.39 is 11.5 Å². The summed E-state index contributed by atoms with van der Waals surface area (Å²) in [6, 6.07) is 0. The molecule has 0 aromatic heterocycles. The number of hydrogen-bond acceptors (Lipinski definition) is 3. The van der Waals surface area contributed by atoms with Crippen LogP contribution in [0.5, 0.6) is 0 Å². The van der Waals surface area contributed by atoms with Crippen molar-refractivity contribution in [2.24, 2.45) is 0 Å². The van der Waals surface area contributed by atoms with E-state index >= 15 is 0 Å². The second kappa shape index (κ2) is 7.48. The van der Waals surface area contributed by atoms with Gasteiger partial charge in [0.15, 0.2) is 0 Å². The maximum absolute atomic E-state index is 12.0. The van der Waals surface area contributed by atoms with Crippen molar-refractivity contribution in [3.63, 3.8) is 0 Å². The Balaban J connectivity index is 2.43. The Labute approximate surface area is 114 Å². The molecule has 0 bridgehead atoms. The normalized spacial score (nSPS) is 19.4. The molecule has 1 atom stereocenters. The van der Waals surface area contributed by atoms with Crippen molar-refractivity contribution in [1.29, 1.82) is 0 Å². The number of ether oxygens (including phenoxy) is 1. The number of rotatable bonds is 8. The summed E-state index contributed by atoms with van der Waals surface area (Å²) < 4.78 is 5.48. The highest BCUT2D eigenvalue weighted by Crippen LogP contribution is 2.21. The predicted molar refractivity (Wildman–Crippen MR) is 71.9 cm³/mol. The van der Waals surface area contributed by atoms with Crippen molar-refractivity contribution in [2.45, 2.75) is 70.4 Å². The number of nitrogens with one attached hydrogen (secondary N) is 1. The predicted octanol–water partition coefficient (Wildman–Crippen LogP) is 2.10. The molecule has 0 spiro atoms. The fourth-order valence-electron chi connectivity index (χ4n) is 2.53. The second-order valence-corrected chi connectivity index (χ2v) is 5.28. The van der Waals surface area contributed by atoms with Crippen LogP contribution in [0.1, 0.15) is 58.8 Å². The zero-order chi connectivity index (χ0) is 14.3. The van der Waals surface area contributed by atoms with E-state index in [9.17, 15) is 9.59 Å². The molecule has 1 rings (SSSR count). The zero-order valence-electron chi connectivity index (χ0n) is 11.9. The molecule has 1 unspecified atom stereocenters. The Hall–Kier alpha value is -1.10. The summed E-state index contributed by atoms with van der Waals surface area (Å²) in [6.07, 6.45) is 4.65. The quantitative estimate of drug-likeness (QED) is 0.709. The molecule has 1 amide bonds. The average molecular weight is 271 g/mol. The molecule has 0 aromatic carbocycles. The number of aliphatic carboxylic acids is 1. The summed E-state index contributed by atoms with van der Waals surface area (Å²) in [5, 5.41) is 11.9. The molecule has 110 valence electrons. The van der Waals surface area contributed by atoms with E-state index in [1.54, 1.807) is 0 Å². The fourth-order valence-corrected chi connectivity index (χ4v) is 2.53. The summed E-state index contributed by atoms with van der Waals surface area (Å²) in [7, 11) is 0. The molecule has 2 N–H and O–H groups in total. The first kappa shape index (κ1) is 16.0. The molecule has 0 aromatic rings. The van der Waals surface area contributed by atoms with Gasteiger partial charge in [0.05, 0.1) is 12.5 Å². The van der Waals surface area contributed by atoms with Crippen LogP contribution in [0.15, 0.2) is 0 Å². The van der Waals surface area contributed by atoms with E-state index in [1.807, 2.05) is 13.8 Å². The number of carboxylic acids is 1. The van der Waals surface area contributed by atoms with Gasteiger partial charge in [0.1, 0.15) is 0 Å². The van der Waals surface area contributed by atoms with Gasteiger partial charge in [-0.25, -0.2) is 0 Å². The second-order valence-electron chi connectivity index (χ2n) is 5.28. The Bertz CT molecular complexity index is 307. The maximum atomic E-state index is 12.0. The standard InChI is InChI=1S/C14H25NO4/c1-3-14(4-2,10-13(17)18)15-12(16)8-7-11-6-5-9-19-11/h11H,3-10H2,1-2H3,(H,15,16)(H,17,18). The van der Waals surface area contributed by atoms with Crippen LogP contribution < -0.4 is 5.32 Å². The fraction of sp³-hybridized carbons (Fsp3) is 0.857. The first-order valence-electron chi connectivity index (χ1n) is 7.15. The summed E-state index contributed by atoms with van der Waals surface area (Å²) >= 11 is 0. The van der Waals surface area contributed by atoms with Crippen LogP contribution in [0.25, 0.3) is 0 Å². The van der Waals surface area contributed by atoms with Crippen LogP contribution in [0.3, 0.4) is 0 Å². The number of carbonyl (C=O) groups excluding carboxylic acids is 1. The van der Waals surface area contributed by atoms with E-state index in [0.29, 0.717) is 19.3 Å². The van der Waals surface area contributed by atoms with Crippen LogP contribution in [0.2, 0.25) is 0 Å². The first-order valence-corrected chi connectivity index (χ1v) is 7.15. The molecule has 1 saturated heterocycles. The molecule has 5 heteroatoms. The van der Waals surface area contributed by atoms with Crippen molar-refractivity contribution in [3.05, 3.63) is 0 Å². The minimum Gasteiger partial charge on any atom is -0.481 e. The third-order valence-electron chi connectivity index (χ3n) is 3.97. The van der Waals surface area contributed by atoms with Gasteiger partial charge in [0, 0.05) is 18.6 Å². The molecule has 19 heavy (non-hydrogen) atoms. The molecular formula is C14H25NO4. The van der Waals surface area contributed by atoms with Crippen LogP contribution in [0.4, 0.5) is 0 Å². The van der Waals surface area contributed by atoms with Gasteiger partial charge in [0.2, 0.25) is 5.91 Å². The van der Waals surface area contributed by atoms with Crippen molar-refractivity contribution >= 4 is 11.9 Å². The molecule has 0 aliphatic carbocycles. The van der Waals surface area contributed by atoms with Crippen molar-refractivity contribution in [2.75, 3.05) is 6.61 Å². The van der Waals surface area contributed by atoms with Gasteiger partial charge in [-0.1, -0.05) is 13.8 Å². The van der Waals surface area contributed by atoms with Gasteiger partial charge in [-0.2, -0.15) is 0 Å². The molecule has 0 radical (unpaired) electrons. The van der Waals surface area contributed by atoms with Gasteiger partial charge in [0.25, 0.3) is 0 Å². The van der Waals surface area contributed by atoms with E-state index in [0.717, 1.165) is 25.9 Å². The van der Waals surface area contributed by atoms with Crippen LogP contribution >= 0.6 is 0 Å². The Morgan fingerprint density at radius 2 is 2.05 bits per heavy atom. The smallest absolute Gasteiger partial charge is 0.305 e. The lowest BCUT2D eigenvalue weighted by molar-refractivity contribution is -0.139. The summed E-state index contributed by atoms with van der Waals surface area (Å²) in [5.41, 5.74) is -0.612. The lowest BCUT2D eigenvalue weighted by Gasteiger charge is -2.31. The van der Waals surface area contributed by atoms with Gasteiger partial charge < -0.3 is 15.2 Å². The van der Waals surface area contributed by atoms with Crippen molar-refractivity contribution < 1.29 is 19.4 Å². The Morgan fingerprint density at radius 3 is 2.53 bits per heavy atom. The van der Waals surface area contributed by atoms with E-state index in [2.05, 4.69) is 5.32 Å². The zero-order valence-corrected chi connectivity index (χ0v) is 11.9. The minimum atomic E-state index is -0.872. The van der Waals surface area contributed by atoms with Crippen LogP contribution in [-0.2, 0) is 14.3 Å². The van der Waals surface area contributed by atoms with Crippen LogP contribution in [-0.4, -0.2) is 35.2 Å². The minimum absolute atomic E-state index is 0.0222. The summed E-state index contributed by atoms with van der Waals surface area (Å²) in [4.78, 5) is 22.9. The number of hydrogen-bond donors (Lipinski definition) is 2. The first-order chi connectivity index (χ1) is 9.01. The molecule has 1 heterocycles. The average Bonchev–Trinajstić information content (AvgIpc) is 2.88. The van der Waals surface area contributed by atoms with E-state index in [1.165, 1.54) is 0 Å². The van der Waals surface area contributed by atoms with Crippen molar-refractivity contribution in [3.8, 4) is 0 Å². The molecule has 1 fully saturated rings. The number of carbonyl (C=O) groups is 2. The lowest BCUT2D eigenvalue weighted by atomic mass is 9.88. The topological polar surface area (TPSA) is 75.6 Å². The maximum Gasteiger partial charge on any atom is 0.305 e. The highest BCUT2D eigenvalue weighted by atomic mass is 16.5. The van der Waals surface area contributed by atoms with E-state index in [-0.39, 0.29) is 18.4 Å². The van der Waals surface area contributed by atoms with Gasteiger partial charge in [-0.15, -0.1) is 0 Å². The Kier molecular flexibility index (Phi) is 6.28. The lowest BCUT2D eigenvalue weighted by Crippen LogP contribution is -2.49. The summed E-state index contributed by atoms with van der Waals surface area (Å²) in [6.45, 7) is 4.61. The third kappa shape index (κ3) is 5.19. The molecule has 1 aliphatic heterocycles. The number of carboxylic acid groups (broad SMARTS) is 1. The highest BCUT2D eigenvalue weighted by molar-refractivity contribution is 5.78. The van der Waals surface area contributed by atoms with Gasteiger partial charge in [-0.05, 0) is 32.1 Å². The summed E-state index contributed by atoms with van der Waals surface area (Å²) in [5.74, 6) is -0.941. The SMILES string of the molecule is CCC(CC)(CC(=O)O)NC(=O)CCC1CCCO1. The van der Waals surface area contributed by atoms with Crippen molar-refractivity contribution in [1.82, 2.24) is 5.32 Å². The monoisotopic (exact) mass is 271 g/mol. The molecular weight excluding hydrogens is 246 g/mol. The van der Waals surface area contributed by atoms with Gasteiger partial charge in [-0.3, -0.25) is 9.59 Å². The Morgan fingerprint density at radius 1 is 1.37 bits per heavy atom. The highest BCUT2D eigenvalue weighted by Gasteiger charge is 2.31. The molecule has 1 aliphatic rings. The molecule has 5 nitrogen and oxygen atoms in total. The van der Waals surface area contributed by atoms with Crippen LogP contribution in [0, 0.1) is 0 Å².